The van der Waals surface area contributed by atoms with E-state index in [1.165, 1.54) is 7.11 Å². The minimum absolute atomic E-state index is 0.0220. The molecule has 9 heteroatoms. The van der Waals surface area contributed by atoms with Crippen LogP contribution in [-0.2, 0) is 0 Å². The number of hydrogen-bond acceptors (Lipinski definition) is 3. The molecule has 4 nitrogen and oxygen atoms in total. The maximum absolute atomic E-state index is 11.9. The number of carbonyl (C=O) groups excluding carboxylic acids is 1. The Bertz CT molecular complexity index is 720. The van der Waals surface area contributed by atoms with Crippen LogP contribution in [0.15, 0.2) is 24.3 Å². The molecule has 2 rings (SSSR count). The molecule has 1 amide bonds. The van der Waals surface area contributed by atoms with Gasteiger partial charge in [-0.2, -0.15) is 0 Å². The van der Waals surface area contributed by atoms with Crippen molar-refractivity contribution in [1.29, 1.82) is 0 Å². The molecule has 1 N–H and O–H groups in total. The van der Waals surface area contributed by atoms with Crippen LogP contribution < -0.4 is 14.8 Å². The predicted molar refractivity (Wildman–Crippen MR) is 94.1 cm³/mol. The van der Waals surface area contributed by atoms with Crippen molar-refractivity contribution in [2.75, 3.05) is 12.4 Å². The Morgan fingerprint density at radius 3 is 1.83 bits per heavy atom. The van der Waals surface area contributed by atoms with Gasteiger partial charge < -0.3 is 9.47 Å². The highest BCUT2D eigenvalue weighted by Gasteiger charge is 2.22. The van der Waals surface area contributed by atoms with Crippen molar-refractivity contribution in [3.8, 4) is 11.5 Å². The maximum Gasteiger partial charge on any atom is 0.417 e. The van der Waals surface area contributed by atoms with Gasteiger partial charge in [0, 0.05) is 5.69 Å². The van der Waals surface area contributed by atoms with Crippen molar-refractivity contribution in [2.45, 2.75) is 0 Å². The van der Waals surface area contributed by atoms with Crippen LogP contribution in [0.1, 0.15) is 0 Å². The van der Waals surface area contributed by atoms with E-state index in [-0.39, 0.29) is 30.9 Å². The van der Waals surface area contributed by atoms with E-state index in [9.17, 15) is 4.79 Å². The minimum Gasteiger partial charge on any atom is -0.497 e. The molecule has 0 radical (unpaired) electrons. The first kappa shape index (κ1) is 18.3. The third-order valence-corrected chi connectivity index (χ3v) is 4.94. The van der Waals surface area contributed by atoms with Crippen molar-refractivity contribution >= 4 is 69.8 Å². The average Bonchev–Trinajstić information content (AvgIpc) is 2.56. The van der Waals surface area contributed by atoms with Crippen molar-refractivity contribution in [3.63, 3.8) is 0 Å². The van der Waals surface area contributed by atoms with Gasteiger partial charge in [0.2, 0.25) is 0 Å². The first-order chi connectivity index (χ1) is 10.8. The van der Waals surface area contributed by atoms with Crippen LogP contribution in [0.5, 0.6) is 11.5 Å². The van der Waals surface area contributed by atoms with Gasteiger partial charge in [0.05, 0.1) is 22.2 Å². The van der Waals surface area contributed by atoms with Crippen molar-refractivity contribution < 1.29 is 14.3 Å². The van der Waals surface area contributed by atoms with Crippen LogP contribution in [0.4, 0.5) is 10.5 Å². The van der Waals surface area contributed by atoms with Crippen LogP contribution in [0.3, 0.4) is 0 Å². The number of hydrogen-bond donors (Lipinski definition) is 1. The molecule has 0 spiro atoms. The van der Waals surface area contributed by atoms with E-state index in [4.69, 9.17) is 67.5 Å². The number of rotatable bonds is 3. The minimum atomic E-state index is -0.826. The first-order valence-electron chi connectivity index (χ1n) is 5.99. The predicted octanol–water partition coefficient (Wildman–Crippen LogP) is 6.57. The van der Waals surface area contributed by atoms with Gasteiger partial charge in [-0.05, 0) is 24.3 Å². The van der Waals surface area contributed by atoms with E-state index in [0.29, 0.717) is 11.4 Å². The second-order valence-corrected chi connectivity index (χ2v) is 6.03. The summed E-state index contributed by atoms with van der Waals surface area (Å²) >= 11 is 29.6. The van der Waals surface area contributed by atoms with Gasteiger partial charge >= 0.3 is 6.09 Å². The molecule has 23 heavy (non-hydrogen) atoms. The number of methoxy groups -OCH3 is 1. The summed E-state index contributed by atoms with van der Waals surface area (Å²) in [7, 11) is 1.54. The maximum atomic E-state index is 11.9. The third-order valence-electron chi connectivity index (χ3n) is 2.70. The van der Waals surface area contributed by atoms with E-state index in [2.05, 4.69) is 5.32 Å². The molecule has 0 fully saturated rings. The lowest BCUT2D eigenvalue weighted by molar-refractivity contribution is 0.215. The standard InChI is InChI=1S/C14H8Cl5NO3/c1-22-7-4-2-6(3-5-7)20-14(21)23-13-11(18)9(16)8(15)10(17)12(13)19/h2-5H,1H3,(H,20,21). The van der Waals surface area contributed by atoms with Crippen molar-refractivity contribution in [3.05, 3.63) is 49.4 Å². The lowest BCUT2D eigenvalue weighted by atomic mass is 10.3. The van der Waals surface area contributed by atoms with E-state index in [0.717, 1.165) is 0 Å². The Kier molecular flexibility index (Phi) is 6.12. The smallest absolute Gasteiger partial charge is 0.417 e. The fourth-order valence-corrected chi connectivity index (χ4v) is 2.78. The van der Waals surface area contributed by atoms with Gasteiger partial charge in [-0.25, -0.2) is 4.79 Å². The van der Waals surface area contributed by atoms with E-state index in [1.54, 1.807) is 24.3 Å². The molecular weight excluding hydrogens is 407 g/mol. The number of amides is 1. The summed E-state index contributed by atoms with van der Waals surface area (Å²) in [6.45, 7) is 0. The molecule has 2 aromatic carbocycles. The molecule has 0 atom stereocenters. The van der Waals surface area contributed by atoms with Crippen LogP contribution in [0.2, 0.25) is 25.1 Å². The molecule has 0 aliphatic rings. The molecule has 0 heterocycles. The fourth-order valence-electron chi connectivity index (χ4n) is 1.58. The lowest BCUT2D eigenvalue weighted by Gasteiger charge is -2.13. The number of carbonyl (C=O) groups is 1. The van der Waals surface area contributed by atoms with Gasteiger partial charge in [-0.3, -0.25) is 5.32 Å². The van der Waals surface area contributed by atoms with Crippen LogP contribution in [0.25, 0.3) is 0 Å². The third kappa shape index (κ3) is 4.08. The fraction of sp³-hybridized carbons (Fsp3) is 0.0714. The van der Waals surface area contributed by atoms with E-state index >= 15 is 0 Å². The second-order valence-electron chi connectivity index (χ2n) is 4.14. The largest absolute Gasteiger partial charge is 0.497 e. The summed E-state index contributed by atoms with van der Waals surface area (Å²) in [5, 5.41) is 2.12. The van der Waals surface area contributed by atoms with Gasteiger partial charge in [0.1, 0.15) is 15.8 Å². The number of anilines is 1. The quantitative estimate of drug-likeness (QED) is 0.455. The zero-order valence-corrected chi connectivity index (χ0v) is 15.2. The lowest BCUT2D eigenvalue weighted by Crippen LogP contribution is -2.17. The molecule has 0 unspecified atom stereocenters. The topological polar surface area (TPSA) is 47.6 Å². The molecular formula is C14H8Cl5NO3. The summed E-state index contributed by atoms with van der Waals surface area (Å²) in [6, 6.07) is 6.60. The molecule has 0 bridgehead atoms. The number of benzene rings is 2. The molecule has 0 saturated carbocycles. The summed E-state index contributed by atoms with van der Waals surface area (Å²) < 4.78 is 10.1. The number of ether oxygens (including phenoxy) is 2. The summed E-state index contributed by atoms with van der Waals surface area (Å²) in [4.78, 5) is 11.9. The molecule has 0 saturated heterocycles. The van der Waals surface area contributed by atoms with E-state index < -0.39 is 6.09 Å². The Morgan fingerprint density at radius 2 is 1.35 bits per heavy atom. The highest BCUT2D eigenvalue weighted by Crippen LogP contribution is 2.48. The molecule has 0 aliphatic carbocycles. The van der Waals surface area contributed by atoms with Crippen LogP contribution >= 0.6 is 58.0 Å². The Labute approximate surface area is 157 Å². The van der Waals surface area contributed by atoms with Crippen LogP contribution in [0, 0.1) is 0 Å². The Morgan fingerprint density at radius 1 is 0.870 bits per heavy atom. The molecule has 122 valence electrons. The highest BCUT2D eigenvalue weighted by atomic mass is 35.5. The van der Waals surface area contributed by atoms with Gasteiger partial charge in [-0.15, -0.1) is 0 Å². The number of halogens is 5. The van der Waals surface area contributed by atoms with Gasteiger partial charge in [-0.1, -0.05) is 58.0 Å². The second kappa shape index (κ2) is 7.69. The van der Waals surface area contributed by atoms with Crippen LogP contribution in [-0.4, -0.2) is 13.2 Å². The normalized spacial score (nSPS) is 10.3. The molecule has 0 aliphatic heterocycles. The average molecular weight is 415 g/mol. The first-order valence-corrected chi connectivity index (χ1v) is 7.88. The Hall–Kier alpha value is -1.04. The monoisotopic (exact) mass is 413 g/mol. The molecule has 0 aromatic heterocycles. The summed E-state index contributed by atoms with van der Waals surface area (Å²) in [5.74, 6) is 0.463. The van der Waals surface area contributed by atoms with Gasteiger partial charge in [0.15, 0.2) is 5.75 Å². The zero-order chi connectivity index (χ0) is 17.1. The zero-order valence-electron chi connectivity index (χ0n) is 11.4. The summed E-state index contributed by atoms with van der Waals surface area (Å²) in [6.07, 6.45) is -0.826. The Balaban J connectivity index is 2.20. The number of nitrogens with one attached hydrogen (secondary N) is 1. The molecule has 2 aromatic rings. The summed E-state index contributed by atoms with van der Waals surface area (Å²) in [5.41, 5.74) is 0.481. The SMILES string of the molecule is COc1ccc(NC(=O)Oc2c(Cl)c(Cl)c(Cl)c(Cl)c2Cl)cc1. The highest BCUT2D eigenvalue weighted by molar-refractivity contribution is 6.55. The van der Waals surface area contributed by atoms with Crippen molar-refractivity contribution in [2.24, 2.45) is 0 Å². The van der Waals surface area contributed by atoms with E-state index in [1.807, 2.05) is 0 Å². The van der Waals surface area contributed by atoms with Gasteiger partial charge in [0.25, 0.3) is 0 Å². The van der Waals surface area contributed by atoms with Crippen molar-refractivity contribution in [1.82, 2.24) is 0 Å².